The Bertz CT molecular complexity index is 580. The van der Waals surface area contributed by atoms with Gasteiger partial charge in [0.2, 0.25) is 11.8 Å². The van der Waals surface area contributed by atoms with Crippen molar-refractivity contribution in [2.24, 2.45) is 0 Å². The van der Waals surface area contributed by atoms with Crippen molar-refractivity contribution in [3.05, 3.63) is 35.5 Å². The minimum absolute atomic E-state index is 0.363. The molecule has 2 aromatic rings. The Morgan fingerprint density at radius 3 is 2.90 bits per heavy atom. The molecule has 1 aromatic heterocycles. The van der Waals surface area contributed by atoms with Crippen LogP contribution in [0.15, 0.2) is 35.4 Å². The van der Waals surface area contributed by atoms with Gasteiger partial charge in [-0.3, -0.25) is 0 Å². The number of thioether (sulfide) groups is 1. The quantitative estimate of drug-likeness (QED) is 0.798. The highest BCUT2D eigenvalue weighted by Gasteiger charge is 2.10. The molecule has 0 spiro atoms. The van der Waals surface area contributed by atoms with Crippen molar-refractivity contribution < 1.29 is 4.74 Å². The third-order valence-electron chi connectivity index (χ3n) is 2.52. The summed E-state index contributed by atoms with van der Waals surface area (Å²) < 4.78 is 5.81. The van der Waals surface area contributed by atoms with Crippen LogP contribution in [0, 0.1) is 0 Å². The highest BCUT2D eigenvalue weighted by atomic mass is 35.5. The molecule has 6 heteroatoms. The number of nitrogens with one attached hydrogen (secondary N) is 1. The summed E-state index contributed by atoms with van der Waals surface area (Å²) in [5.74, 6) is 1.62. The summed E-state index contributed by atoms with van der Waals surface area (Å²) in [6.45, 7) is 2.89. The second-order valence-electron chi connectivity index (χ2n) is 4.03. The molecule has 0 saturated carbocycles. The van der Waals surface area contributed by atoms with E-state index in [1.54, 1.807) is 18.0 Å². The zero-order chi connectivity index (χ0) is 14.4. The number of halogens is 1. The van der Waals surface area contributed by atoms with E-state index in [9.17, 15) is 0 Å². The number of hydrogen-bond donors (Lipinski definition) is 1. The zero-order valence-corrected chi connectivity index (χ0v) is 13.0. The van der Waals surface area contributed by atoms with Gasteiger partial charge in [-0.25, -0.2) is 4.98 Å². The van der Waals surface area contributed by atoms with E-state index in [-0.39, 0.29) is 0 Å². The van der Waals surface area contributed by atoms with Crippen LogP contribution in [0.2, 0.25) is 5.02 Å². The summed E-state index contributed by atoms with van der Waals surface area (Å²) in [4.78, 5) is 9.45. The van der Waals surface area contributed by atoms with E-state index in [1.807, 2.05) is 30.5 Å². The molecule has 2 rings (SSSR count). The third kappa shape index (κ3) is 3.77. The number of hydrogen-bond acceptors (Lipinski definition) is 5. The summed E-state index contributed by atoms with van der Waals surface area (Å²) in [7, 11) is 0. The SMILES string of the molecule is CCCNc1ncc(Cl)c(Oc2ccccc2SC)n1. The van der Waals surface area contributed by atoms with Crippen LogP contribution in [0.3, 0.4) is 0 Å². The van der Waals surface area contributed by atoms with Gasteiger partial charge in [0.1, 0.15) is 10.8 Å². The molecule has 0 fully saturated rings. The molecule has 0 aliphatic carbocycles. The Hall–Kier alpha value is -1.46. The average Bonchev–Trinajstić information content (AvgIpc) is 2.48. The molecule has 0 aliphatic heterocycles. The van der Waals surface area contributed by atoms with Crippen LogP contribution in [-0.4, -0.2) is 22.8 Å². The van der Waals surface area contributed by atoms with Gasteiger partial charge in [-0.2, -0.15) is 4.98 Å². The van der Waals surface area contributed by atoms with Crippen molar-refractivity contribution in [1.82, 2.24) is 9.97 Å². The lowest BCUT2D eigenvalue weighted by Crippen LogP contribution is -2.05. The molecule has 0 saturated heterocycles. The molecular weight excluding hydrogens is 294 g/mol. The molecule has 4 nitrogen and oxygen atoms in total. The van der Waals surface area contributed by atoms with Crippen molar-refractivity contribution in [3.8, 4) is 11.6 Å². The van der Waals surface area contributed by atoms with E-state index in [4.69, 9.17) is 16.3 Å². The maximum atomic E-state index is 6.09. The first-order valence-electron chi connectivity index (χ1n) is 6.32. The van der Waals surface area contributed by atoms with Crippen LogP contribution < -0.4 is 10.1 Å². The highest BCUT2D eigenvalue weighted by molar-refractivity contribution is 7.98. The van der Waals surface area contributed by atoms with Crippen molar-refractivity contribution in [2.45, 2.75) is 18.2 Å². The Labute approximate surface area is 127 Å². The molecule has 0 radical (unpaired) electrons. The van der Waals surface area contributed by atoms with Crippen LogP contribution in [0.5, 0.6) is 11.6 Å². The number of anilines is 1. The normalized spacial score (nSPS) is 10.3. The molecule has 1 aromatic carbocycles. The van der Waals surface area contributed by atoms with Gasteiger partial charge in [0.25, 0.3) is 0 Å². The van der Waals surface area contributed by atoms with Crippen LogP contribution in [0.1, 0.15) is 13.3 Å². The van der Waals surface area contributed by atoms with Gasteiger partial charge in [0, 0.05) is 11.4 Å². The van der Waals surface area contributed by atoms with E-state index in [0.29, 0.717) is 16.9 Å². The predicted molar refractivity (Wildman–Crippen MR) is 84.1 cm³/mol. The predicted octanol–water partition coefficient (Wildman–Crippen LogP) is 4.47. The molecule has 0 unspecified atom stereocenters. The van der Waals surface area contributed by atoms with Gasteiger partial charge in [-0.15, -0.1) is 11.8 Å². The van der Waals surface area contributed by atoms with Crippen LogP contribution in [-0.2, 0) is 0 Å². The molecule has 0 bridgehead atoms. The fraction of sp³-hybridized carbons (Fsp3) is 0.286. The molecule has 0 atom stereocenters. The van der Waals surface area contributed by atoms with E-state index in [1.165, 1.54) is 0 Å². The minimum Gasteiger partial charge on any atom is -0.436 e. The highest BCUT2D eigenvalue weighted by Crippen LogP contribution is 2.33. The first-order valence-corrected chi connectivity index (χ1v) is 7.92. The number of nitrogens with zero attached hydrogens (tertiary/aromatic N) is 2. The average molecular weight is 310 g/mol. The summed E-state index contributed by atoms with van der Waals surface area (Å²) >= 11 is 7.70. The Kier molecular flexibility index (Phi) is 5.49. The topological polar surface area (TPSA) is 47.0 Å². The number of benzene rings is 1. The lowest BCUT2D eigenvalue weighted by molar-refractivity contribution is 0.452. The summed E-state index contributed by atoms with van der Waals surface area (Å²) in [5.41, 5.74) is 0. The maximum Gasteiger partial charge on any atom is 0.243 e. The lowest BCUT2D eigenvalue weighted by Gasteiger charge is -2.11. The van der Waals surface area contributed by atoms with Gasteiger partial charge in [0.15, 0.2) is 0 Å². The zero-order valence-electron chi connectivity index (χ0n) is 11.4. The minimum atomic E-state index is 0.363. The molecule has 1 heterocycles. The molecule has 0 aliphatic rings. The number of para-hydroxylation sites is 1. The monoisotopic (exact) mass is 309 g/mol. The fourth-order valence-corrected chi connectivity index (χ4v) is 2.21. The summed E-state index contributed by atoms with van der Waals surface area (Å²) in [5, 5.41) is 3.50. The largest absolute Gasteiger partial charge is 0.436 e. The Morgan fingerprint density at radius 2 is 2.15 bits per heavy atom. The number of rotatable bonds is 6. The van der Waals surface area contributed by atoms with Crippen LogP contribution >= 0.6 is 23.4 Å². The standard InChI is InChI=1S/C14H16ClN3OS/c1-3-8-16-14-17-9-10(15)13(18-14)19-11-6-4-5-7-12(11)20-2/h4-7,9H,3,8H2,1-2H3,(H,16,17,18). The van der Waals surface area contributed by atoms with Crippen molar-refractivity contribution in [1.29, 1.82) is 0 Å². The van der Waals surface area contributed by atoms with E-state index < -0.39 is 0 Å². The first kappa shape index (κ1) is 14.9. The Morgan fingerprint density at radius 1 is 1.35 bits per heavy atom. The number of ether oxygens (including phenoxy) is 1. The molecule has 20 heavy (non-hydrogen) atoms. The van der Waals surface area contributed by atoms with Crippen LogP contribution in [0.4, 0.5) is 5.95 Å². The van der Waals surface area contributed by atoms with Gasteiger partial charge in [-0.1, -0.05) is 30.7 Å². The van der Waals surface area contributed by atoms with E-state index in [2.05, 4.69) is 22.2 Å². The second kappa shape index (κ2) is 7.36. The van der Waals surface area contributed by atoms with Gasteiger partial charge in [-0.05, 0) is 24.8 Å². The second-order valence-corrected chi connectivity index (χ2v) is 5.28. The summed E-state index contributed by atoms with van der Waals surface area (Å²) in [6.07, 6.45) is 4.54. The molecule has 1 N–H and O–H groups in total. The fourth-order valence-electron chi connectivity index (χ4n) is 1.55. The van der Waals surface area contributed by atoms with Crippen molar-refractivity contribution in [2.75, 3.05) is 18.1 Å². The van der Waals surface area contributed by atoms with Crippen molar-refractivity contribution >= 4 is 29.3 Å². The van der Waals surface area contributed by atoms with Gasteiger partial charge >= 0.3 is 0 Å². The Balaban J connectivity index is 2.23. The number of aromatic nitrogens is 2. The van der Waals surface area contributed by atoms with E-state index >= 15 is 0 Å². The van der Waals surface area contributed by atoms with Crippen LogP contribution in [0.25, 0.3) is 0 Å². The molecular formula is C14H16ClN3OS. The summed E-state index contributed by atoms with van der Waals surface area (Å²) in [6, 6.07) is 7.77. The third-order valence-corrected chi connectivity index (χ3v) is 3.56. The van der Waals surface area contributed by atoms with Crippen molar-refractivity contribution in [3.63, 3.8) is 0 Å². The van der Waals surface area contributed by atoms with E-state index in [0.717, 1.165) is 23.6 Å². The van der Waals surface area contributed by atoms with Gasteiger partial charge in [0.05, 0.1) is 6.20 Å². The first-order chi connectivity index (χ1) is 9.74. The lowest BCUT2D eigenvalue weighted by atomic mass is 10.3. The molecule has 0 amide bonds. The molecule has 106 valence electrons. The van der Waals surface area contributed by atoms with Gasteiger partial charge < -0.3 is 10.1 Å². The maximum absolute atomic E-state index is 6.09. The smallest absolute Gasteiger partial charge is 0.243 e.